The third-order valence-electron chi connectivity index (χ3n) is 4.07. The molecule has 1 atom stereocenters. The molecule has 1 rings (SSSR count). The van der Waals surface area contributed by atoms with E-state index in [1.54, 1.807) is 0 Å². The number of unbranched alkanes of at least 4 members (excludes halogenated alkanes) is 3. The van der Waals surface area contributed by atoms with Gasteiger partial charge in [-0.2, -0.15) is 0 Å². The zero-order chi connectivity index (χ0) is 15.0. The van der Waals surface area contributed by atoms with Gasteiger partial charge in [-0.15, -0.1) is 0 Å². The van der Waals surface area contributed by atoms with E-state index in [1.165, 1.54) is 19.3 Å². The summed E-state index contributed by atoms with van der Waals surface area (Å²) in [6, 6.07) is 0.187. The van der Waals surface area contributed by atoms with Crippen LogP contribution < -0.4 is 5.73 Å². The van der Waals surface area contributed by atoms with Crippen LogP contribution in [0, 0.1) is 0 Å². The molecule has 1 aliphatic rings. The average Bonchev–Trinajstić information content (AvgIpc) is 2.44. The van der Waals surface area contributed by atoms with Crippen LogP contribution in [0.1, 0.15) is 52.4 Å². The first-order valence-corrected chi connectivity index (χ1v) is 8.32. The fraction of sp³-hybridized carbons (Fsp3) is 0.867. The first-order chi connectivity index (χ1) is 9.60. The Hall–Kier alpha value is -0.680. The van der Waals surface area contributed by atoms with Gasteiger partial charge in [0.25, 0.3) is 0 Å². The van der Waals surface area contributed by atoms with Gasteiger partial charge in [-0.25, -0.2) is 0 Å². The van der Waals surface area contributed by atoms with Gasteiger partial charge in [0.15, 0.2) is 0 Å². The van der Waals surface area contributed by atoms with E-state index in [0.29, 0.717) is 17.3 Å². The van der Waals surface area contributed by atoms with Crippen molar-refractivity contribution in [2.45, 2.75) is 58.4 Å². The molecule has 0 spiro atoms. The number of nitrogens with zero attached hydrogens (tertiary/aromatic N) is 2. The van der Waals surface area contributed by atoms with Crippen molar-refractivity contribution >= 4 is 23.1 Å². The van der Waals surface area contributed by atoms with Crippen molar-refractivity contribution in [3.05, 3.63) is 0 Å². The molecule has 1 unspecified atom stereocenters. The van der Waals surface area contributed by atoms with Crippen LogP contribution in [0.2, 0.25) is 0 Å². The van der Waals surface area contributed by atoms with E-state index in [1.807, 2.05) is 4.90 Å². The zero-order valence-corrected chi connectivity index (χ0v) is 13.8. The quantitative estimate of drug-likeness (QED) is 0.551. The van der Waals surface area contributed by atoms with E-state index in [-0.39, 0.29) is 6.04 Å². The normalized spacial score (nSPS) is 18.0. The van der Waals surface area contributed by atoms with Gasteiger partial charge in [-0.1, -0.05) is 45.3 Å². The van der Waals surface area contributed by atoms with Gasteiger partial charge >= 0.3 is 0 Å². The molecular formula is C15H29N3OS. The highest BCUT2D eigenvalue weighted by molar-refractivity contribution is 7.80. The smallest absolute Gasteiger partial charge is 0.222 e. The Morgan fingerprint density at radius 3 is 2.30 bits per heavy atom. The van der Waals surface area contributed by atoms with Crippen molar-refractivity contribution in [3.8, 4) is 0 Å². The fourth-order valence-corrected chi connectivity index (χ4v) is 3.10. The SMILES string of the molecule is CCCCCCC(=O)N1CCN(C(CC)C(N)=S)CC1. The van der Waals surface area contributed by atoms with Gasteiger partial charge in [0.05, 0.1) is 11.0 Å². The lowest BCUT2D eigenvalue weighted by atomic mass is 10.1. The first-order valence-electron chi connectivity index (χ1n) is 7.91. The number of hydrogen-bond donors (Lipinski definition) is 1. The van der Waals surface area contributed by atoms with E-state index >= 15 is 0 Å². The van der Waals surface area contributed by atoms with E-state index in [4.69, 9.17) is 18.0 Å². The molecule has 1 fully saturated rings. The molecule has 0 saturated carbocycles. The highest BCUT2D eigenvalue weighted by Crippen LogP contribution is 2.12. The summed E-state index contributed by atoms with van der Waals surface area (Å²) in [5.74, 6) is 0.309. The summed E-state index contributed by atoms with van der Waals surface area (Å²) in [6.07, 6.45) is 6.28. The molecule has 116 valence electrons. The van der Waals surface area contributed by atoms with Crippen molar-refractivity contribution in [1.82, 2.24) is 9.80 Å². The zero-order valence-electron chi connectivity index (χ0n) is 12.9. The Labute approximate surface area is 128 Å². The molecule has 1 heterocycles. The predicted octanol–water partition coefficient (Wildman–Crippen LogP) is 2.17. The van der Waals surface area contributed by atoms with Crippen LogP contribution >= 0.6 is 12.2 Å². The number of piperazine rings is 1. The van der Waals surface area contributed by atoms with Gasteiger partial charge in [0, 0.05) is 32.6 Å². The topological polar surface area (TPSA) is 49.6 Å². The lowest BCUT2D eigenvalue weighted by Crippen LogP contribution is -2.54. The third kappa shape index (κ3) is 5.37. The van der Waals surface area contributed by atoms with Crippen LogP contribution in [-0.4, -0.2) is 52.9 Å². The lowest BCUT2D eigenvalue weighted by molar-refractivity contribution is -0.133. The Kier molecular flexibility index (Phi) is 8.07. The summed E-state index contributed by atoms with van der Waals surface area (Å²) in [7, 11) is 0. The highest BCUT2D eigenvalue weighted by Gasteiger charge is 2.26. The van der Waals surface area contributed by atoms with E-state index in [2.05, 4.69) is 18.7 Å². The molecule has 5 heteroatoms. The molecule has 0 radical (unpaired) electrons. The molecule has 20 heavy (non-hydrogen) atoms. The second-order valence-corrected chi connectivity index (χ2v) is 6.03. The van der Waals surface area contributed by atoms with Gasteiger partial charge in [0.1, 0.15) is 0 Å². The van der Waals surface area contributed by atoms with E-state index in [9.17, 15) is 4.79 Å². The summed E-state index contributed by atoms with van der Waals surface area (Å²) < 4.78 is 0. The van der Waals surface area contributed by atoms with Gasteiger partial charge < -0.3 is 10.6 Å². The van der Waals surface area contributed by atoms with Crippen LogP contribution in [0.15, 0.2) is 0 Å². The van der Waals surface area contributed by atoms with E-state index in [0.717, 1.165) is 39.0 Å². The van der Waals surface area contributed by atoms with Crippen molar-refractivity contribution in [3.63, 3.8) is 0 Å². The molecule has 2 N–H and O–H groups in total. The second-order valence-electron chi connectivity index (χ2n) is 5.55. The van der Waals surface area contributed by atoms with Crippen LogP contribution in [0.4, 0.5) is 0 Å². The Balaban J connectivity index is 2.30. The number of hydrogen-bond acceptors (Lipinski definition) is 3. The third-order valence-corrected chi connectivity index (χ3v) is 4.34. The molecule has 0 aliphatic carbocycles. The van der Waals surface area contributed by atoms with Crippen LogP contribution in [0.5, 0.6) is 0 Å². The number of thiocarbonyl (C=S) groups is 1. The molecule has 0 aromatic carbocycles. The summed E-state index contributed by atoms with van der Waals surface area (Å²) >= 11 is 5.12. The second kappa shape index (κ2) is 9.29. The minimum atomic E-state index is 0.187. The average molecular weight is 299 g/mol. The molecule has 0 aromatic heterocycles. The fourth-order valence-electron chi connectivity index (χ4n) is 2.78. The molecule has 0 bridgehead atoms. The molecule has 1 saturated heterocycles. The number of carbonyl (C=O) groups excluding carboxylic acids is 1. The molecule has 4 nitrogen and oxygen atoms in total. The van der Waals surface area contributed by atoms with Crippen LogP contribution in [0.3, 0.4) is 0 Å². The summed E-state index contributed by atoms with van der Waals surface area (Å²) in [5, 5.41) is 0. The van der Waals surface area contributed by atoms with Crippen molar-refractivity contribution < 1.29 is 4.79 Å². The van der Waals surface area contributed by atoms with Gasteiger partial charge in [-0.05, 0) is 12.8 Å². The van der Waals surface area contributed by atoms with Crippen molar-refractivity contribution in [2.24, 2.45) is 5.73 Å². The largest absolute Gasteiger partial charge is 0.392 e. The molecule has 1 amide bonds. The maximum atomic E-state index is 12.1. The van der Waals surface area contributed by atoms with Gasteiger partial charge in [0.2, 0.25) is 5.91 Å². The van der Waals surface area contributed by atoms with Crippen LogP contribution in [-0.2, 0) is 4.79 Å². The Bertz CT molecular complexity index is 314. The highest BCUT2D eigenvalue weighted by atomic mass is 32.1. The summed E-state index contributed by atoms with van der Waals surface area (Å²) in [4.78, 5) is 17.0. The van der Waals surface area contributed by atoms with Gasteiger partial charge in [-0.3, -0.25) is 9.69 Å². The number of carbonyl (C=O) groups is 1. The number of nitrogens with two attached hydrogens (primary N) is 1. The Morgan fingerprint density at radius 1 is 1.15 bits per heavy atom. The van der Waals surface area contributed by atoms with Crippen molar-refractivity contribution in [2.75, 3.05) is 26.2 Å². The van der Waals surface area contributed by atoms with Crippen LogP contribution in [0.25, 0.3) is 0 Å². The molecular weight excluding hydrogens is 270 g/mol. The molecule has 0 aromatic rings. The monoisotopic (exact) mass is 299 g/mol. The minimum Gasteiger partial charge on any atom is -0.392 e. The minimum absolute atomic E-state index is 0.187. The number of rotatable bonds is 8. The van der Waals surface area contributed by atoms with E-state index < -0.39 is 0 Å². The summed E-state index contributed by atoms with van der Waals surface area (Å²) in [6.45, 7) is 7.69. The van der Waals surface area contributed by atoms with Crippen molar-refractivity contribution in [1.29, 1.82) is 0 Å². The number of amides is 1. The standard InChI is InChI=1S/C15H29N3OS/c1-3-5-6-7-8-14(19)18-11-9-17(10-12-18)13(4-2)15(16)20/h13H,3-12H2,1-2H3,(H2,16,20). The first kappa shape index (κ1) is 17.4. The maximum Gasteiger partial charge on any atom is 0.222 e. The lowest BCUT2D eigenvalue weighted by Gasteiger charge is -2.38. The predicted molar refractivity (Wildman–Crippen MR) is 87.8 cm³/mol. The Morgan fingerprint density at radius 2 is 1.80 bits per heavy atom. The molecule has 1 aliphatic heterocycles. The maximum absolute atomic E-state index is 12.1. The summed E-state index contributed by atoms with van der Waals surface area (Å²) in [5.41, 5.74) is 5.78.